The summed E-state index contributed by atoms with van der Waals surface area (Å²) in [7, 11) is -8.53. The van der Waals surface area contributed by atoms with Crippen molar-refractivity contribution in [3.05, 3.63) is 26.5 Å². The molecule has 0 saturated carbocycles. The molecule has 2 rings (SSSR count). The minimum absolute atomic E-state index is 0.141. The van der Waals surface area contributed by atoms with Gasteiger partial charge in [0.15, 0.2) is 83.1 Å². The highest BCUT2D eigenvalue weighted by atomic mass is 32.3. The Morgan fingerprint density at radius 1 is 0.494 bits per heavy atom. The van der Waals surface area contributed by atoms with Crippen LogP contribution < -0.4 is 10.0 Å². The van der Waals surface area contributed by atoms with Crippen LogP contribution in [0.4, 0.5) is 0 Å². The predicted octanol–water partition coefficient (Wildman–Crippen LogP) is -0.178. The molecule has 0 aliphatic carbocycles. The van der Waals surface area contributed by atoms with Crippen LogP contribution >= 0.6 is 11.8 Å². The fourth-order valence-electron chi connectivity index (χ4n) is 6.22. The molecule has 1 radical (unpaired) electrons. The van der Waals surface area contributed by atoms with Gasteiger partial charge >= 0.3 is 71.6 Å². The number of esters is 12. The maximum Gasteiger partial charge on any atom is 0.347 e. The number of carbonyl (C=O) groups is 13. The molecular formula is C49H67N2O29S3. The summed E-state index contributed by atoms with van der Waals surface area (Å²) in [6.07, 6.45) is -17.9. The molecule has 0 saturated heterocycles. The van der Waals surface area contributed by atoms with Gasteiger partial charge in [-0.2, -0.15) is 0 Å². The highest BCUT2D eigenvalue weighted by molar-refractivity contribution is 8.28. The van der Waals surface area contributed by atoms with E-state index in [1.807, 2.05) is 0 Å². The zero-order chi connectivity index (χ0) is 63.8. The van der Waals surface area contributed by atoms with Crippen molar-refractivity contribution in [1.29, 1.82) is 0 Å². The number of carbonyl (C=O) groups excluding carboxylic acids is 13. The minimum Gasteiger partial charge on any atom is -0.450 e. The number of sulfone groups is 1. The van der Waals surface area contributed by atoms with Gasteiger partial charge in [-0.3, -0.25) is 9.59 Å². The van der Waals surface area contributed by atoms with Crippen molar-refractivity contribution in [3.8, 4) is 0 Å². The van der Waals surface area contributed by atoms with E-state index in [0.717, 1.165) is 82.6 Å². The zero-order valence-electron chi connectivity index (χ0n) is 47.7. The molecule has 2 aliphatic rings. The van der Waals surface area contributed by atoms with E-state index in [1.54, 1.807) is 11.6 Å². The van der Waals surface area contributed by atoms with Crippen LogP contribution in [-0.2, 0) is 139 Å². The first-order valence-electron chi connectivity index (χ1n) is 25.2. The fourth-order valence-corrected chi connectivity index (χ4v) is 11.3. The topological polar surface area (TPSA) is 425 Å². The van der Waals surface area contributed by atoms with E-state index >= 15 is 0 Å². The second kappa shape index (κ2) is 31.5. The van der Waals surface area contributed by atoms with Crippen LogP contribution in [0.25, 0.3) is 0 Å². The van der Waals surface area contributed by atoms with Crippen molar-refractivity contribution in [1.82, 2.24) is 10.0 Å². The Morgan fingerprint density at radius 3 is 1.00 bits per heavy atom. The maximum atomic E-state index is 13.2. The first-order chi connectivity index (χ1) is 38.3. The lowest BCUT2D eigenvalue weighted by Crippen LogP contribution is -2.42. The van der Waals surface area contributed by atoms with Gasteiger partial charge in [0, 0.05) is 0 Å². The van der Waals surface area contributed by atoms with Gasteiger partial charge in [-0.25, -0.2) is 74.3 Å². The Kier molecular flexibility index (Phi) is 27.3. The summed E-state index contributed by atoms with van der Waals surface area (Å²) in [5.41, 5.74) is 0.490. The number of rotatable bonds is 29. The zero-order valence-corrected chi connectivity index (χ0v) is 50.2. The molecular weight excluding hydrogens is 1180 g/mol. The van der Waals surface area contributed by atoms with Crippen molar-refractivity contribution >= 4 is 109 Å². The molecule has 465 valence electrons. The van der Waals surface area contributed by atoms with Crippen LogP contribution in [0, 0.1) is 6.42 Å². The Morgan fingerprint density at radius 2 is 0.747 bits per heavy atom. The van der Waals surface area contributed by atoms with Crippen LogP contribution in [0.2, 0.25) is 0 Å². The second-order valence-electron chi connectivity index (χ2n) is 18.2. The molecule has 14 atom stereocenters. The summed E-state index contributed by atoms with van der Waals surface area (Å²) < 4.78 is 112. The molecule has 0 bridgehead atoms. The van der Waals surface area contributed by atoms with E-state index in [2.05, 4.69) is 5.32 Å². The summed E-state index contributed by atoms with van der Waals surface area (Å²) >= 11 is 0.464. The van der Waals surface area contributed by atoms with Gasteiger partial charge in [0.1, 0.15) is 8.47 Å². The lowest BCUT2D eigenvalue weighted by molar-refractivity contribution is -0.190. The molecule has 0 spiro atoms. The smallest absolute Gasteiger partial charge is 0.347 e. The van der Waals surface area contributed by atoms with Crippen molar-refractivity contribution in [2.45, 2.75) is 195 Å². The third kappa shape index (κ3) is 21.2. The average Bonchev–Trinajstić information content (AvgIpc) is 3.86. The van der Waals surface area contributed by atoms with E-state index in [1.165, 1.54) is 26.8 Å². The molecule has 83 heavy (non-hydrogen) atoms. The number of likely N-dealkylation sites (N-methyl/N-ethyl adjacent to an activating group) is 1. The number of nitrogens with one attached hydrogen (secondary N) is 2. The second-order valence-corrected chi connectivity index (χ2v) is 23.7. The summed E-state index contributed by atoms with van der Waals surface area (Å²) in [6, 6.07) is -0.756. The minimum atomic E-state index is -4.69. The van der Waals surface area contributed by atoms with Crippen molar-refractivity contribution in [2.75, 3.05) is 6.54 Å². The molecule has 0 aromatic carbocycles. The third-order valence-electron chi connectivity index (χ3n) is 11.1. The average molecular weight is 1240 g/mol. The normalized spacial score (nSPS) is 19.7. The number of hydrogen-bond acceptors (Lipinski definition) is 31. The van der Waals surface area contributed by atoms with Gasteiger partial charge in [0.25, 0.3) is 15.9 Å². The van der Waals surface area contributed by atoms with Gasteiger partial charge in [0.2, 0.25) is 0 Å². The molecule has 34 heteroatoms. The highest BCUT2D eigenvalue weighted by Gasteiger charge is 2.45. The molecule has 0 aromatic rings. The van der Waals surface area contributed by atoms with Crippen LogP contribution in [0.5, 0.6) is 0 Å². The Hall–Kier alpha value is -7.20. The quantitative estimate of drug-likeness (QED) is 0.0724. The van der Waals surface area contributed by atoms with Crippen molar-refractivity contribution in [3.63, 3.8) is 0 Å². The summed E-state index contributed by atoms with van der Waals surface area (Å²) in [4.78, 5) is 163. The van der Waals surface area contributed by atoms with E-state index in [9.17, 15) is 79.2 Å². The van der Waals surface area contributed by atoms with E-state index < -0.39 is 186 Å². The summed E-state index contributed by atoms with van der Waals surface area (Å²) in [5, 5.41) is 2.21. The Labute approximate surface area is 481 Å². The van der Waals surface area contributed by atoms with Crippen LogP contribution in [0.1, 0.15) is 110 Å². The molecule has 2 aliphatic heterocycles. The van der Waals surface area contributed by atoms with Crippen LogP contribution in [0.3, 0.4) is 0 Å². The number of amides is 1. The predicted molar refractivity (Wildman–Crippen MR) is 277 cm³/mol. The maximum absolute atomic E-state index is 13.2. The van der Waals surface area contributed by atoms with Crippen molar-refractivity contribution < 1.29 is 136 Å². The first-order valence-corrected chi connectivity index (χ1v) is 29.1. The number of ether oxygens (including phenoxy) is 12. The molecule has 0 aromatic heterocycles. The monoisotopic (exact) mass is 1240 g/mol. The highest BCUT2D eigenvalue weighted by Crippen LogP contribution is 2.48. The number of sulfonamides is 1. The van der Waals surface area contributed by atoms with E-state index in [-0.39, 0.29) is 10.7 Å². The Balaban J connectivity index is 1.80. The van der Waals surface area contributed by atoms with Gasteiger partial charge < -0.3 is 62.2 Å². The first kappa shape index (κ1) is 71.9. The standard InChI is InChI=1S/C49H67N2O29S3/c1-16-35(52)69-22(5)38(54)71-24(7)40(56)73-26(9)42(58)75-28(11)44(60)77-30(13)46(62)79-32(15)48(64)80-31(14)47(63)78-29(12)45(61)76-27(10)43(59)74-25(8)41(57)72-23(6)39(55)70-21(4)37(53)51-83(67,68)36-19-34(50-17-2)33-18-20(3)82(65,66)49(33)81-36/h16,19-32,34,50H,17-18H2,1-15H3,(H,51,53)/t20-,21-,22-,23-,24-,25-,26-,27-,28-,29-,30-,31-,32-,34-/m0/s1. The number of hydrogen-bond donors (Lipinski definition) is 2. The number of thioether (sulfide) groups is 1. The molecule has 31 nitrogen and oxygen atoms in total. The third-order valence-corrected chi connectivity index (χ3v) is 16.9. The lowest BCUT2D eigenvalue weighted by atomic mass is 10.0. The van der Waals surface area contributed by atoms with Crippen LogP contribution in [-0.4, -0.2) is 185 Å². The van der Waals surface area contributed by atoms with E-state index in [4.69, 9.17) is 56.8 Å². The van der Waals surface area contributed by atoms with Crippen molar-refractivity contribution in [2.24, 2.45) is 0 Å². The van der Waals surface area contributed by atoms with Crippen LogP contribution in [0.15, 0.2) is 20.1 Å². The van der Waals surface area contributed by atoms with Gasteiger partial charge in [-0.15, -0.1) is 0 Å². The molecule has 2 heterocycles. The van der Waals surface area contributed by atoms with E-state index in [0.29, 0.717) is 23.9 Å². The largest absolute Gasteiger partial charge is 0.450 e. The fraction of sp³-hybridized carbons (Fsp3) is 0.633. The Bertz CT molecular complexity index is 2810. The molecule has 0 unspecified atom stereocenters. The SMILES string of the molecule is C[CH]C(=O)O[C@@H](C)C(=O)O[C@@H](C)C(=O)O[C@@H](C)C(=O)O[C@@H](C)C(=O)O[C@@H](C)C(=O)O[C@@H](C)C(=O)O[C@@H](C)C(=O)O[C@@H](C)C(=O)O[C@@H](C)C(=O)O[C@@H](C)C(=O)O[C@@H](C)C(=O)O[C@@H](C)C(=O)NS(=O)(=O)C1=C[C@H](NCC)C2=C(S1)S(=O)(=O)[C@@H](C)C2. The summed E-state index contributed by atoms with van der Waals surface area (Å²) in [6.45, 7) is 17.4. The molecule has 2 N–H and O–H groups in total. The summed E-state index contributed by atoms with van der Waals surface area (Å²) in [5.74, 6) is -16.4. The molecule has 1 amide bonds. The van der Waals surface area contributed by atoms with Gasteiger partial charge in [0.05, 0.1) is 17.7 Å². The van der Waals surface area contributed by atoms with Gasteiger partial charge in [-0.05, 0) is 115 Å². The van der Waals surface area contributed by atoms with Gasteiger partial charge in [-0.1, -0.05) is 25.6 Å². The molecule has 0 fully saturated rings. The lowest BCUT2D eigenvalue weighted by Gasteiger charge is -2.23.